The van der Waals surface area contributed by atoms with Crippen LogP contribution in [0.5, 0.6) is 5.75 Å². The highest BCUT2D eigenvalue weighted by Gasteiger charge is 2.33. The first kappa shape index (κ1) is 19.7. The lowest BCUT2D eigenvalue weighted by Crippen LogP contribution is -2.12. The second kappa shape index (κ2) is 8.31. The molecule has 144 valence electrons. The zero-order valence-corrected chi connectivity index (χ0v) is 16.1. The van der Waals surface area contributed by atoms with Crippen LogP contribution in [0.2, 0.25) is 0 Å². The number of carbonyl (C=O) groups excluding carboxylic acids is 1. The predicted molar refractivity (Wildman–Crippen MR) is 108 cm³/mol. The quantitative estimate of drug-likeness (QED) is 0.705. The van der Waals surface area contributed by atoms with Gasteiger partial charge in [-0.15, -0.1) is 0 Å². The van der Waals surface area contributed by atoms with Crippen molar-refractivity contribution in [2.24, 2.45) is 4.99 Å². The maximum atomic E-state index is 13.6. The van der Waals surface area contributed by atoms with Gasteiger partial charge in [-0.2, -0.15) is 0 Å². The van der Waals surface area contributed by atoms with Crippen molar-refractivity contribution >= 4 is 34.5 Å². The zero-order valence-electron chi connectivity index (χ0n) is 15.3. The Balaban J connectivity index is 2.07. The Bertz CT molecular complexity index is 1010. The summed E-state index contributed by atoms with van der Waals surface area (Å²) in [6.45, 7) is 3.75. The summed E-state index contributed by atoms with van der Waals surface area (Å²) in [5.74, 6) is -2.34. The van der Waals surface area contributed by atoms with Crippen LogP contribution in [-0.4, -0.2) is 27.8 Å². The summed E-state index contributed by atoms with van der Waals surface area (Å²) in [4.78, 5) is 17.1. The molecule has 0 fully saturated rings. The van der Waals surface area contributed by atoms with E-state index in [1.807, 2.05) is 19.1 Å². The molecule has 0 radical (unpaired) electrons. The lowest BCUT2D eigenvalue weighted by Gasteiger charge is -2.04. The summed E-state index contributed by atoms with van der Waals surface area (Å²) < 4.78 is 18.6. The first-order valence-electron chi connectivity index (χ1n) is 8.54. The number of rotatable bonds is 4. The average Bonchev–Trinajstić information content (AvgIpc) is 2.96. The van der Waals surface area contributed by atoms with E-state index in [4.69, 9.17) is 4.74 Å². The summed E-state index contributed by atoms with van der Waals surface area (Å²) in [7, 11) is 0. The van der Waals surface area contributed by atoms with Gasteiger partial charge in [0.1, 0.15) is 16.4 Å². The molecular formula is C21H18FNO4S. The minimum Gasteiger partial charge on any atom is -0.506 e. The Morgan fingerprint density at radius 3 is 2.61 bits per heavy atom. The molecule has 28 heavy (non-hydrogen) atoms. The molecule has 7 heteroatoms. The Hall–Kier alpha value is -3.06. The molecule has 2 aromatic carbocycles. The van der Waals surface area contributed by atoms with Crippen molar-refractivity contribution in [3.8, 4) is 5.75 Å². The predicted octanol–water partition coefficient (Wildman–Crippen LogP) is 5.03. The van der Waals surface area contributed by atoms with Crippen LogP contribution < -0.4 is 0 Å². The van der Waals surface area contributed by atoms with Crippen LogP contribution in [0, 0.1) is 12.7 Å². The maximum Gasteiger partial charge on any atom is 0.344 e. The number of esters is 1. The molecule has 0 atom stereocenters. The molecule has 0 saturated carbocycles. The van der Waals surface area contributed by atoms with Gasteiger partial charge in [0.2, 0.25) is 0 Å². The van der Waals surface area contributed by atoms with Crippen molar-refractivity contribution in [2.75, 3.05) is 6.61 Å². The molecule has 0 saturated heterocycles. The molecule has 0 unspecified atom stereocenters. The van der Waals surface area contributed by atoms with E-state index < -0.39 is 17.5 Å². The smallest absolute Gasteiger partial charge is 0.344 e. The maximum absolute atomic E-state index is 13.6. The van der Waals surface area contributed by atoms with Crippen molar-refractivity contribution in [1.82, 2.24) is 0 Å². The van der Waals surface area contributed by atoms with E-state index in [1.165, 1.54) is 18.2 Å². The molecule has 0 aliphatic carbocycles. The second-order valence-electron chi connectivity index (χ2n) is 5.98. The summed E-state index contributed by atoms with van der Waals surface area (Å²) in [6, 6.07) is 11.4. The van der Waals surface area contributed by atoms with Crippen LogP contribution in [0.15, 0.2) is 63.7 Å². The van der Waals surface area contributed by atoms with Gasteiger partial charge in [-0.25, -0.2) is 14.2 Å². The fraction of sp³-hybridized carbons (Fsp3) is 0.143. The van der Waals surface area contributed by atoms with Gasteiger partial charge in [0, 0.05) is 5.56 Å². The molecule has 0 amide bonds. The number of halogens is 1. The van der Waals surface area contributed by atoms with Crippen molar-refractivity contribution in [1.29, 1.82) is 0 Å². The third-order valence-corrected chi connectivity index (χ3v) is 4.96. The molecule has 2 aromatic rings. The fourth-order valence-electron chi connectivity index (χ4n) is 2.52. The van der Waals surface area contributed by atoms with E-state index in [0.29, 0.717) is 5.69 Å². The van der Waals surface area contributed by atoms with E-state index >= 15 is 0 Å². The summed E-state index contributed by atoms with van der Waals surface area (Å²) in [6.07, 6.45) is 1.40. The number of benzene rings is 2. The van der Waals surface area contributed by atoms with E-state index in [1.54, 1.807) is 19.1 Å². The lowest BCUT2D eigenvalue weighted by molar-refractivity contribution is -0.138. The molecule has 1 aliphatic rings. The molecule has 1 aliphatic heterocycles. The Labute approximate surface area is 165 Å². The number of phenols is 1. The number of hydrogen-bond donors (Lipinski definition) is 2. The average molecular weight is 399 g/mol. The van der Waals surface area contributed by atoms with Gasteiger partial charge in [-0.05, 0) is 38.1 Å². The lowest BCUT2D eigenvalue weighted by atomic mass is 10.1. The Morgan fingerprint density at radius 2 is 1.93 bits per heavy atom. The van der Waals surface area contributed by atoms with Crippen LogP contribution in [0.4, 0.5) is 10.1 Å². The normalized spacial score (nSPS) is 16.8. The zero-order chi connectivity index (χ0) is 20.3. The van der Waals surface area contributed by atoms with Crippen molar-refractivity contribution in [3.63, 3.8) is 0 Å². The van der Waals surface area contributed by atoms with Gasteiger partial charge in [0.05, 0.1) is 17.2 Å². The Kier molecular flexibility index (Phi) is 5.84. The van der Waals surface area contributed by atoms with Gasteiger partial charge in [0.15, 0.2) is 11.6 Å². The number of aliphatic hydroxyl groups is 1. The summed E-state index contributed by atoms with van der Waals surface area (Å²) >= 11 is 1.04. The number of aliphatic hydroxyl groups excluding tert-OH is 1. The van der Waals surface area contributed by atoms with Crippen LogP contribution in [0.3, 0.4) is 0 Å². The Morgan fingerprint density at radius 1 is 1.21 bits per heavy atom. The first-order chi connectivity index (χ1) is 13.4. The minimum atomic E-state index is -0.778. The highest BCUT2D eigenvalue weighted by atomic mass is 32.2. The molecule has 3 rings (SSSR count). The number of para-hydroxylation sites is 1. The minimum absolute atomic E-state index is 0.0606. The number of nitrogens with zero attached hydrogens (tertiary/aromatic N) is 1. The number of phenolic OH excluding ortho intramolecular Hbond substituents is 1. The van der Waals surface area contributed by atoms with Crippen molar-refractivity contribution in [3.05, 3.63) is 75.6 Å². The summed E-state index contributed by atoms with van der Waals surface area (Å²) in [5, 5.41) is 20.7. The van der Waals surface area contributed by atoms with E-state index in [9.17, 15) is 19.4 Å². The number of aliphatic imine (C=N–C) groups is 1. The van der Waals surface area contributed by atoms with Gasteiger partial charge >= 0.3 is 5.97 Å². The largest absolute Gasteiger partial charge is 0.506 e. The highest BCUT2D eigenvalue weighted by molar-refractivity contribution is 8.18. The molecule has 5 nitrogen and oxygen atoms in total. The van der Waals surface area contributed by atoms with Crippen LogP contribution >= 0.6 is 11.8 Å². The van der Waals surface area contributed by atoms with Crippen molar-refractivity contribution in [2.45, 2.75) is 13.8 Å². The molecular weight excluding hydrogens is 381 g/mol. The number of thioether (sulfide) groups is 1. The van der Waals surface area contributed by atoms with E-state index in [-0.39, 0.29) is 33.5 Å². The number of hydrogen-bond acceptors (Lipinski definition) is 6. The monoisotopic (exact) mass is 399 g/mol. The molecule has 0 spiro atoms. The topological polar surface area (TPSA) is 79.1 Å². The molecule has 0 aromatic heterocycles. The number of aromatic hydroxyl groups is 1. The highest BCUT2D eigenvalue weighted by Crippen LogP contribution is 2.41. The van der Waals surface area contributed by atoms with Crippen LogP contribution in [0.1, 0.15) is 18.1 Å². The van der Waals surface area contributed by atoms with Crippen LogP contribution in [0.25, 0.3) is 6.08 Å². The SMILES string of the molecule is CCOC(=O)C1=C(O)/C(=C\c2cccc(F)c2O)SC1=Nc1ccc(C)cc1. The second-order valence-corrected chi connectivity index (χ2v) is 7.02. The third kappa shape index (κ3) is 4.09. The van der Waals surface area contributed by atoms with E-state index in [0.717, 1.165) is 23.4 Å². The van der Waals surface area contributed by atoms with E-state index in [2.05, 4.69) is 4.99 Å². The summed E-state index contributed by atoms with van der Waals surface area (Å²) in [5.41, 5.74) is 1.79. The first-order valence-corrected chi connectivity index (χ1v) is 9.35. The third-order valence-electron chi connectivity index (χ3n) is 3.94. The molecule has 0 bridgehead atoms. The van der Waals surface area contributed by atoms with Gasteiger partial charge in [-0.3, -0.25) is 0 Å². The number of ether oxygens (including phenoxy) is 1. The molecule has 2 N–H and O–H groups in total. The standard InChI is InChI=1S/C21H18FNO4S/c1-3-27-21(26)17-19(25)16(11-13-5-4-6-15(22)18(13)24)28-20(17)23-14-9-7-12(2)8-10-14/h4-11,24-25H,3H2,1-2H3/b16-11+,23-20?. The van der Waals surface area contributed by atoms with Crippen molar-refractivity contribution < 1.29 is 24.1 Å². The fourth-order valence-corrected chi connectivity index (χ4v) is 3.54. The number of aryl methyl sites for hydroxylation is 1. The van der Waals surface area contributed by atoms with Crippen LogP contribution in [-0.2, 0) is 9.53 Å². The molecule has 1 heterocycles. The number of carbonyl (C=O) groups is 1. The van der Waals surface area contributed by atoms with Gasteiger partial charge < -0.3 is 14.9 Å². The van der Waals surface area contributed by atoms with Gasteiger partial charge in [-0.1, -0.05) is 41.6 Å². The van der Waals surface area contributed by atoms with Gasteiger partial charge in [0.25, 0.3) is 0 Å².